The summed E-state index contributed by atoms with van der Waals surface area (Å²) in [6.45, 7) is 4.81. The van der Waals surface area contributed by atoms with E-state index in [0.717, 1.165) is 23.2 Å². The van der Waals surface area contributed by atoms with E-state index in [4.69, 9.17) is 4.74 Å². The lowest BCUT2D eigenvalue weighted by molar-refractivity contribution is -0.108. The van der Waals surface area contributed by atoms with Crippen LogP contribution in [0.3, 0.4) is 0 Å². The third-order valence-corrected chi connectivity index (χ3v) is 3.15. The van der Waals surface area contributed by atoms with Gasteiger partial charge in [0.05, 0.1) is 6.61 Å². The Labute approximate surface area is 107 Å². The van der Waals surface area contributed by atoms with E-state index >= 15 is 0 Å². The minimum Gasteiger partial charge on any atom is -0.493 e. The molecule has 0 spiro atoms. The molecule has 0 unspecified atom stereocenters. The molecule has 1 aromatic rings. The van der Waals surface area contributed by atoms with E-state index in [1.807, 2.05) is 18.2 Å². The number of rotatable bonds is 5. The van der Waals surface area contributed by atoms with Crippen molar-refractivity contribution in [3.63, 3.8) is 0 Å². The predicted octanol–water partition coefficient (Wildman–Crippen LogP) is 2.67. The minimum absolute atomic E-state index is 0.0760. The summed E-state index contributed by atoms with van der Waals surface area (Å²) in [7, 11) is 0. The van der Waals surface area contributed by atoms with Crippen molar-refractivity contribution in [2.45, 2.75) is 26.7 Å². The number of benzene rings is 1. The van der Waals surface area contributed by atoms with Crippen molar-refractivity contribution in [2.24, 2.45) is 11.8 Å². The van der Waals surface area contributed by atoms with E-state index < -0.39 is 0 Å². The monoisotopic (exact) mass is 246 g/mol. The molecule has 2 rings (SSSR count). The molecule has 0 amide bonds. The van der Waals surface area contributed by atoms with Crippen LogP contribution in [0.4, 0.5) is 0 Å². The number of hydrogen-bond acceptors (Lipinski definition) is 3. The maximum atomic E-state index is 12.1. The summed E-state index contributed by atoms with van der Waals surface area (Å²) in [5.41, 5.74) is 1.76. The van der Waals surface area contributed by atoms with Crippen LogP contribution in [0.5, 0.6) is 5.75 Å². The van der Waals surface area contributed by atoms with Crippen LogP contribution >= 0.6 is 0 Å². The van der Waals surface area contributed by atoms with Gasteiger partial charge in [0.15, 0.2) is 5.78 Å². The first kappa shape index (κ1) is 12.8. The van der Waals surface area contributed by atoms with Gasteiger partial charge >= 0.3 is 0 Å². The number of hydrogen-bond donors (Lipinski definition) is 0. The van der Waals surface area contributed by atoms with Gasteiger partial charge in [-0.3, -0.25) is 4.79 Å². The Kier molecular flexibility index (Phi) is 3.80. The van der Waals surface area contributed by atoms with E-state index in [0.29, 0.717) is 25.4 Å². The fourth-order valence-corrected chi connectivity index (χ4v) is 2.20. The third-order valence-electron chi connectivity index (χ3n) is 3.15. The standard InChI is InChI=1S/C15H18O3/c1-10(2)9-18-13-4-3-11-7-12(5-6-16)15(17)14(11)8-13/h3-4,6,8,10,12H,5,7,9H2,1-2H3/t12-/m1/s1. The van der Waals surface area contributed by atoms with Crippen molar-refractivity contribution >= 4 is 12.1 Å². The lowest BCUT2D eigenvalue weighted by Crippen LogP contribution is -2.09. The second kappa shape index (κ2) is 5.34. The van der Waals surface area contributed by atoms with Crippen molar-refractivity contribution in [3.05, 3.63) is 29.3 Å². The zero-order chi connectivity index (χ0) is 13.1. The molecule has 0 bridgehead atoms. The largest absolute Gasteiger partial charge is 0.493 e. The molecule has 96 valence electrons. The lowest BCUT2D eigenvalue weighted by atomic mass is 10.0. The van der Waals surface area contributed by atoms with Gasteiger partial charge < -0.3 is 9.53 Å². The molecular weight excluding hydrogens is 228 g/mol. The molecule has 0 N–H and O–H groups in total. The molecule has 1 aliphatic rings. The highest BCUT2D eigenvalue weighted by Gasteiger charge is 2.30. The number of fused-ring (bicyclic) bond motifs is 1. The molecule has 0 saturated heterocycles. The number of aldehydes is 1. The third kappa shape index (κ3) is 2.61. The van der Waals surface area contributed by atoms with Gasteiger partial charge in [0.2, 0.25) is 0 Å². The van der Waals surface area contributed by atoms with Crippen molar-refractivity contribution in [1.82, 2.24) is 0 Å². The van der Waals surface area contributed by atoms with Crippen molar-refractivity contribution in [3.8, 4) is 5.75 Å². The Morgan fingerprint density at radius 1 is 1.44 bits per heavy atom. The van der Waals surface area contributed by atoms with Gasteiger partial charge in [-0.25, -0.2) is 0 Å². The maximum Gasteiger partial charge on any atom is 0.167 e. The second-order valence-corrected chi connectivity index (χ2v) is 5.19. The van der Waals surface area contributed by atoms with Crippen LogP contribution < -0.4 is 4.74 Å². The molecule has 0 aliphatic heterocycles. The summed E-state index contributed by atoms with van der Waals surface area (Å²) in [4.78, 5) is 22.6. The molecule has 0 fully saturated rings. The Bertz CT molecular complexity index is 463. The van der Waals surface area contributed by atoms with Crippen LogP contribution in [0.2, 0.25) is 0 Å². The highest BCUT2D eigenvalue weighted by Crippen LogP contribution is 2.31. The van der Waals surface area contributed by atoms with Crippen LogP contribution in [-0.2, 0) is 11.2 Å². The topological polar surface area (TPSA) is 43.4 Å². The summed E-state index contributed by atoms with van der Waals surface area (Å²) in [5, 5.41) is 0. The SMILES string of the molecule is CC(C)COc1ccc2c(c1)C(=O)[C@H](CC=O)C2. The summed E-state index contributed by atoms with van der Waals surface area (Å²) < 4.78 is 5.61. The number of carbonyl (C=O) groups is 2. The molecule has 0 saturated carbocycles. The number of ether oxygens (including phenoxy) is 1. The van der Waals surface area contributed by atoms with E-state index in [1.165, 1.54) is 0 Å². The molecule has 0 radical (unpaired) electrons. The van der Waals surface area contributed by atoms with Gasteiger partial charge in [0.25, 0.3) is 0 Å². The summed E-state index contributed by atoms with van der Waals surface area (Å²) in [6, 6.07) is 5.65. The summed E-state index contributed by atoms with van der Waals surface area (Å²) in [6.07, 6.45) is 1.82. The van der Waals surface area contributed by atoms with Gasteiger partial charge in [-0.15, -0.1) is 0 Å². The molecule has 1 atom stereocenters. The average Bonchev–Trinajstić information content (AvgIpc) is 2.65. The predicted molar refractivity (Wildman–Crippen MR) is 69.0 cm³/mol. The van der Waals surface area contributed by atoms with Crippen LogP contribution in [-0.4, -0.2) is 18.7 Å². The Morgan fingerprint density at radius 2 is 2.22 bits per heavy atom. The van der Waals surface area contributed by atoms with Crippen molar-refractivity contribution in [1.29, 1.82) is 0 Å². The molecule has 3 nitrogen and oxygen atoms in total. The highest BCUT2D eigenvalue weighted by atomic mass is 16.5. The summed E-state index contributed by atoms with van der Waals surface area (Å²) >= 11 is 0. The fourth-order valence-electron chi connectivity index (χ4n) is 2.20. The average molecular weight is 246 g/mol. The number of ketones is 1. The van der Waals surface area contributed by atoms with Crippen LogP contribution in [0.15, 0.2) is 18.2 Å². The van der Waals surface area contributed by atoms with Gasteiger partial charge in [-0.05, 0) is 30.0 Å². The zero-order valence-electron chi connectivity index (χ0n) is 10.8. The molecule has 0 aromatic heterocycles. The second-order valence-electron chi connectivity index (χ2n) is 5.19. The van der Waals surface area contributed by atoms with Crippen LogP contribution in [0.1, 0.15) is 36.2 Å². The van der Waals surface area contributed by atoms with Crippen LogP contribution in [0.25, 0.3) is 0 Å². The lowest BCUT2D eigenvalue weighted by Gasteiger charge is -2.09. The van der Waals surface area contributed by atoms with Crippen LogP contribution in [0, 0.1) is 11.8 Å². The van der Waals surface area contributed by atoms with E-state index in [-0.39, 0.29) is 11.7 Å². The maximum absolute atomic E-state index is 12.1. The highest BCUT2D eigenvalue weighted by molar-refractivity contribution is 6.03. The Balaban J connectivity index is 2.14. The molecule has 1 aromatic carbocycles. The van der Waals surface area contributed by atoms with E-state index in [2.05, 4.69) is 13.8 Å². The normalized spacial score (nSPS) is 17.9. The first-order valence-corrected chi connectivity index (χ1v) is 6.35. The van der Waals surface area contributed by atoms with Crippen molar-refractivity contribution in [2.75, 3.05) is 6.61 Å². The number of Topliss-reactive ketones (excluding diaryl/α,β-unsaturated/α-hetero) is 1. The first-order chi connectivity index (χ1) is 8.61. The minimum atomic E-state index is -0.169. The van der Waals surface area contributed by atoms with E-state index in [9.17, 15) is 9.59 Å². The first-order valence-electron chi connectivity index (χ1n) is 6.35. The van der Waals surface area contributed by atoms with Crippen molar-refractivity contribution < 1.29 is 14.3 Å². The van der Waals surface area contributed by atoms with E-state index in [1.54, 1.807) is 0 Å². The smallest absolute Gasteiger partial charge is 0.167 e. The quantitative estimate of drug-likeness (QED) is 0.750. The zero-order valence-corrected chi connectivity index (χ0v) is 10.8. The molecule has 1 aliphatic carbocycles. The molecule has 0 heterocycles. The van der Waals surface area contributed by atoms with Gasteiger partial charge in [-0.1, -0.05) is 19.9 Å². The fraction of sp³-hybridized carbons (Fsp3) is 0.467. The Hall–Kier alpha value is -1.64. The van der Waals surface area contributed by atoms with Gasteiger partial charge in [-0.2, -0.15) is 0 Å². The van der Waals surface area contributed by atoms with Gasteiger partial charge in [0, 0.05) is 17.9 Å². The molecular formula is C15H18O3. The Morgan fingerprint density at radius 3 is 2.89 bits per heavy atom. The summed E-state index contributed by atoms with van der Waals surface area (Å²) in [5.74, 6) is 1.10. The molecule has 18 heavy (non-hydrogen) atoms. The molecule has 3 heteroatoms. The number of carbonyl (C=O) groups excluding carboxylic acids is 2. The van der Waals surface area contributed by atoms with Gasteiger partial charge in [0.1, 0.15) is 12.0 Å².